The summed E-state index contributed by atoms with van der Waals surface area (Å²) < 4.78 is 99.3. The molecule has 6 aromatic carbocycles. The summed E-state index contributed by atoms with van der Waals surface area (Å²) in [7, 11) is -4.89. The molecule has 83 heavy (non-hydrogen) atoms. The summed E-state index contributed by atoms with van der Waals surface area (Å²) in [4.78, 5) is 0. The first-order valence-electron chi connectivity index (χ1n) is 28.1. The lowest BCUT2D eigenvalue weighted by atomic mass is 9.73. The maximum atomic E-state index is 11.2. The van der Waals surface area contributed by atoms with Crippen LogP contribution in [0.4, 0.5) is 0 Å². The van der Waals surface area contributed by atoms with Crippen LogP contribution in [0.5, 0.6) is 0 Å². The molecule has 0 bridgehead atoms. The summed E-state index contributed by atoms with van der Waals surface area (Å²) >= 11 is 0. The van der Waals surface area contributed by atoms with E-state index in [-0.39, 0.29) is 30.5 Å². The molecule has 454 valence electrons. The van der Waals surface area contributed by atoms with Gasteiger partial charge < -0.3 is 16.2 Å². The van der Waals surface area contributed by atoms with Crippen LogP contribution in [-0.4, -0.2) is 108 Å². The van der Waals surface area contributed by atoms with E-state index < -0.39 is 39.4 Å². The SMILES string of the molecule is CNC.CS(=O)(=O)Cl.CS(=O)(=O)OC1CC(CC(c2ccccc2)c2ccccc2)C1.CS(=O)(=O)OC1CC(CC(c2ccccc2)c2ccccc2)C1.CS(=O)(=O)OC1CC(N)C1.OC1CC(CC(c2ccccc2)c2ccccc2)C1. The standard InChI is InChI=1S/2C19H22O3S.C18H20O.C5H11NO3S.C2H7N.CH3ClO2S/c2*1-23(20,21)22-18-12-15(13-18)14-19(16-8-4-2-5-9-16)17-10-6-3-7-11-17;19-17-11-14(12-17)13-18(15-7-3-1-4-8-15)16-9-5-2-6-10-16;1-10(7,8)9-5-2-4(6)3-5;1-3-2;1-5(2,3)4/h2*2-11,15,18-19H,12-14H2,1H3;1-10,14,17-19H,11-13H2;4-5H,2-3,6H2,1H3;3H,1-2H3;1H3. The van der Waals surface area contributed by atoms with Crippen LogP contribution in [0.1, 0.15) is 122 Å². The van der Waals surface area contributed by atoms with Gasteiger partial charge in [0.25, 0.3) is 30.4 Å². The van der Waals surface area contributed by atoms with E-state index in [4.69, 9.17) is 14.1 Å². The highest BCUT2D eigenvalue weighted by Gasteiger charge is 2.36. The molecule has 0 spiro atoms. The van der Waals surface area contributed by atoms with E-state index in [1.807, 2.05) is 38.4 Å². The maximum Gasteiger partial charge on any atom is 0.264 e. The maximum absolute atomic E-state index is 11.2. The second-order valence-corrected chi connectivity index (χ2v) is 30.0. The van der Waals surface area contributed by atoms with E-state index in [1.54, 1.807) is 0 Å². The van der Waals surface area contributed by atoms with E-state index in [2.05, 4.69) is 178 Å². The fraction of sp³-hybridized carbons (Fsp3) is 0.438. The summed E-state index contributed by atoms with van der Waals surface area (Å²) in [6, 6.07) is 63.6. The molecule has 0 heterocycles. The Bertz CT molecular complexity index is 2970. The van der Waals surface area contributed by atoms with Crippen molar-refractivity contribution in [1.29, 1.82) is 0 Å². The van der Waals surface area contributed by atoms with Gasteiger partial charge in [-0.15, -0.1) is 0 Å². The van der Waals surface area contributed by atoms with Crippen LogP contribution in [0.25, 0.3) is 0 Å². The normalized spacial score (nSPS) is 21.7. The molecule has 0 aliphatic heterocycles. The van der Waals surface area contributed by atoms with Crippen LogP contribution in [0.2, 0.25) is 0 Å². The van der Waals surface area contributed by atoms with Gasteiger partial charge in [-0.3, -0.25) is 12.5 Å². The van der Waals surface area contributed by atoms with Gasteiger partial charge >= 0.3 is 0 Å². The zero-order valence-corrected chi connectivity index (χ0v) is 52.5. The van der Waals surface area contributed by atoms with Crippen molar-refractivity contribution in [3.63, 3.8) is 0 Å². The Balaban J connectivity index is 0.000000199. The Labute approximate surface area is 500 Å². The molecular formula is C64H85ClN2O12S4. The minimum Gasteiger partial charge on any atom is -0.393 e. The van der Waals surface area contributed by atoms with E-state index >= 15 is 0 Å². The Hall–Kier alpha value is -4.83. The van der Waals surface area contributed by atoms with Crippen molar-refractivity contribution < 1.29 is 51.3 Å². The van der Waals surface area contributed by atoms with Crippen molar-refractivity contribution in [2.75, 3.05) is 39.1 Å². The summed E-state index contributed by atoms with van der Waals surface area (Å²) in [6.45, 7) is 0. The number of rotatable bonds is 18. The number of hydrogen-bond acceptors (Lipinski definition) is 14. The minimum atomic E-state index is -3.34. The van der Waals surface area contributed by atoms with Crippen LogP contribution in [0.3, 0.4) is 0 Å². The topological polar surface area (TPSA) is 223 Å². The van der Waals surface area contributed by atoms with Crippen LogP contribution < -0.4 is 11.1 Å². The number of halogens is 1. The first-order valence-corrected chi connectivity index (χ1v) is 36.3. The molecule has 4 aliphatic rings. The highest BCUT2D eigenvalue weighted by Crippen LogP contribution is 2.43. The predicted molar refractivity (Wildman–Crippen MR) is 334 cm³/mol. The second-order valence-electron chi connectivity index (χ2n) is 22.2. The zero-order chi connectivity index (χ0) is 60.6. The van der Waals surface area contributed by atoms with Crippen LogP contribution >= 0.6 is 10.7 Å². The van der Waals surface area contributed by atoms with Crippen molar-refractivity contribution in [3.05, 3.63) is 215 Å². The molecule has 0 amide bonds. The molecule has 6 aromatic rings. The molecule has 4 N–H and O–H groups in total. The lowest BCUT2D eigenvalue weighted by molar-refractivity contribution is 0.0374. The molecule has 10 rings (SSSR count). The number of nitrogens with two attached hydrogens (primary N) is 1. The molecule has 4 aliphatic carbocycles. The fourth-order valence-corrected chi connectivity index (χ4v) is 12.7. The molecule has 4 saturated carbocycles. The predicted octanol–water partition coefficient (Wildman–Crippen LogP) is 11.4. The number of hydrogen-bond donors (Lipinski definition) is 3. The van der Waals surface area contributed by atoms with Crippen molar-refractivity contribution in [3.8, 4) is 0 Å². The first-order chi connectivity index (χ1) is 39.2. The molecular weight excluding hydrogens is 1150 g/mol. The summed E-state index contributed by atoms with van der Waals surface area (Å²) in [5.41, 5.74) is 13.4. The Morgan fingerprint density at radius 2 is 0.590 bits per heavy atom. The molecule has 19 heteroatoms. The quantitative estimate of drug-likeness (QED) is 0.0538. The van der Waals surface area contributed by atoms with Gasteiger partial charge in [0, 0.05) is 34.5 Å². The monoisotopic (exact) mass is 1240 g/mol. The van der Waals surface area contributed by atoms with Gasteiger partial charge in [0.1, 0.15) is 0 Å². The molecule has 14 nitrogen and oxygen atoms in total. The number of benzene rings is 6. The van der Waals surface area contributed by atoms with E-state index in [1.165, 1.54) is 33.4 Å². The van der Waals surface area contributed by atoms with Crippen molar-refractivity contribution in [1.82, 2.24) is 5.32 Å². The summed E-state index contributed by atoms with van der Waals surface area (Å²) in [5.74, 6) is 2.84. The van der Waals surface area contributed by atoms with Gasteiger partial charge in [-0.05, 0) is 136 Å². The van der Waals surface area contributed by atoms with Gasteiger partial charge in [0.15, 0.2) is 0 Å². The summed E-state index contributed by atoms with van der Waals surface area (Å²) in [6.07, 6.45) is 13.5. The molecule has 0 radical (unpaired) electrons. The number of aliphatic hydroxyl groups is 1. The van der Waals surface area contributed by atoms with Crippen LogP contribution in [0.15, 0.2) is 182 Å². The molecule has 4 fully saturated rings. The molecule has 0 saturated heterocycles. The average Bonchev–Trinajstić information content (AvgIpc) is 3.52. The van der Waals surface area contributed by atoms with Gasteiger partial charge in [-0.2, -0.15) is 25.3 Å². The smallest absolute Gasteiger partial charge is 0.264 e. The van der Waals surface area contributed by atoms with Crippen molar-refractivity contribution in [2.45, 2.75) is 119 Å². The lowest BCUT2D eigenvalue weighted by Crippen LogP contribution is -2.42. The highest BCUT2D eigenvalue weighted by atomic mass is 35.7. The van der Waals surface area contributed by atoms with Gasteiger partial charge in [0.05, 0.1) is 49.4 Å². The number of nitrogens with one attached hydrogen (secondary N) is 1. The Morgan fingerprint density at radius 3 is 0.759 bits per heavy atom. The van der Waals surface area contributed by atoms with Gasteiger partial charge in [-0.25, -0.2) is 8.42 Å². The van der Waals surface area contributed by atoms with E-state index in [9.17, 15) is 38.8 Å². The zero-order valence-electron chi connectivity index (χ0n) is 48.5. The van der Waals surface area contributed by atoms with Crippen molar-refractivity contribution >= 4 is 50.1 Å². The average molecular weight is 1240 g/mol. The van der Waals surface area contributed by atoms with Crippen LogP contribution in [0, 0.1) is 17.8 Å². The molecule has 0 atom stereocenters. The largest absolute Gasteiger partial charge is 0.393 e. The van der Waals surface area contributed by atoms with Gasteiger partial charge in [0.2, 0.25) is 9.05 Å². The lowest BCUT2D eigenvalue weighted by Gasteiger charge is -2.36. The van der Waals surface area contributed by atoms with Gasteiger partial charge in [-0.1, -0.05) is 182 Å². The van der Waals surface area contributed by atoms with E-state index in [0.717, 1.165) is 82.8 Å². The first kappa shape index (κ1) is 68.9. The van der Waals surface area contributed by atoms with E-state index in [0.29, 0.717) is 48.3 Å². The molecule has 0 aromatic heterocycles. The fourth-order valence-electron chi connectivity index (χ4n) is 10.7. The minimum absolute atomic E-state index is 0.0582. The third-order valence-electron chi connectivity index (χ3n) is 14.6. The summed E-state index contributed by atoms with van der Waals surface area (Å²) in [5, 5.41) is 12.2. The Kier molecular flexibility index (Phi) is 28.0. The molecule has 0 unspecified atom stereocenters. The number of aliphatic hydroxyl groups excluding tert-OH is 1. The Morgan fingerprint density at radius 1 is 0.410 bits per heavy atom. The second kappa shape index (κ2) is 33.8. The highest BCUT2D eigenvalue weighted by molar-refractivity contribution is 8.13. The van der Waals surface area contributed by atoms with Crippen molar-refractivity contribution in [2.24, 2.45) is 23.5 Å². The third-order valence-corrected chi connectivity index (χ3v) is 16.4. The van der Waals surface area contributed by atoms with Crippen LogP contribution in [-0.2, 0) is 52.0 Å². The third kappa shape index (κ3) is 27.4.